The van der Waals surface area contributed by atoms with Crippen LogP contribution >= 0.6 is 0 Å². The van der Waals surface area contributed by atoms with Gasteiger partial charge in [0.1, 0.15) is 0 Å². The largest absolute Gasteiger partial charge is 0.481 e. The van der Waals surface area contributed by atoms with Crippen LogP contribution in [0.3, 0.4) is 0 Å². The first-order valence-corrected chi connectivity index (χ1v) is 11.3. The molecule has 2 aromatic carbocycles. The van der Waals surface area contributed by atoms with E-state index in [1.807, 2.05) is 31.2 Å². The Morgan fingerprint density at radius 2 is 1.62 bits per heavy atom. The first-order valence-electron chi connectivity index (χ1n) is 11.3. The zero-order valence-corrected chi connectivity index (χ0v) is 19.0. The van der Waals surface area contributed by atoms with Crippen LogP contribution in [0.15, 0.2) is 53.1 Å². The second-order valence-electron chi connectivity index (χ2n) is 9.56. The van der Waals surface area contributed by atoms with Gasteiger partial charge in [-0.1, -0.05) is 55.4 Å². The lowest BCUT2D eigenvalue weighted by molar-refractivity contribution is -0.150. The van der Waals surface area contributed by atoms with Crippen LogP contribution in [0.2, 0.25) is 0 Å². The fraction of sp³-hybridized carbons (Fsp3) is 0.423. The summed E-state index contributed by atoms with van der Waals surface area (Å²) in [5, 5.41) is 13.6. The van der Waals surface area contributed by atoms with Gasteiger partial charge in [0.15, 0.2) is 0 Å². The summed E-state index contributed by atoms with van der Waals surface area (Å²) < 4.78 is 5.50. The molecule has 1 saturated heterocycles. The maximum Gasteiger partial charge on any atom is 0.309 e. The molecule has 1 fully saturated rings. The molecule has 0 amide bonds. The predicted molar refractivity (Wildman–Crippen MR) is 124 cm³/mol. The molecule has 4 rings (SSSR count). The number of carboxylic acid groups (broad SMARTS) is 1. The Labute approximate surface area is 189 Å². The highest BCUT2D eigenvalue weighted by atomic mass is 16.5. The molecule has 0 spiro atoms. The maximum absolute atomic E-state index is 11.4. The lowest BCUT2D eigenvalue weighted by atomic mass is 9.80. The fourth-order valence-electron chi connectivity index (χ4n) is 4.15. The van der Waals surface area contributed by atoms with E-state index in [1.54, 1.807) is 0 Å². The maximum atomic E-state index is 11.4. The number of benzene rings is 2. The van der Waals surface area contributed by atoms with Crippen LogP contribution < -0.4 is 0 Å². The Hall–Kier alpha value is -2.99. The Balaban J connectivity index is 1.38. The van der Waals surface area contributed by atoms with Crippen LogP contribution in [0.25, 0.3) is 22.8 Å². The van der Waals surface area contributed by atoms with E-state index in [9.17, 15) is 9.90 Å². The highest BCUT2D eigenvalue weighted by Crippen LogP contribution is 2.32. The van der Waals surface area contributed by atoms with Gasteiger partial charge in [-0.15, -0.1) is 0 Å². The number of aliphatic carboxylic acids is 1. The number of piperidine rings is 1. The Kier molecular flexibility index (Phi) is 6.42. The number of hydrogen-bond donors (Lipinski definition) is 1. The highest BCUT2D eigenvalue weighted by Gasteiger charge is 2.36. The highest BCUT2D eigenvalue weighted by molar-refractivity contribution is 5.74. The molecule has 1 aromatic heterocycles. The van der Waals surface area contributed by atoms with Crippen molar-refractivity contribution in [1.82, 2.24) is 15.0 Å². The van der Waals surface area contributed by atoms with E-state index in [1.165, 1.54) is 11.1 Å². The van der Waals surface area contributed by atoms with Crippen molar-refractivity contribution in [3.63, 3.8) is 0 Å². The predicted octanol–water partition coefficient (Wildman–Crippen LogP) is 5.29. The number of carbonyl (C=O) groups is 1. The van der Waals surface area contributed by atoms with Crippen molar-refractivity contribution in [1.29, 1.82) is 0 Å². The van der Waals surface area contributed by atoms with Crippen molar-refractivity contribution in [2.75, 3.05) is 13.1 Å². The molecule has 0 atom stereocenters. The molecule has 3 aromatic rings. The molecule has 1 aliphatic rings. The molecule has 6 nitrogen and oxygen atoms in total. The molecule has 6 heteroatoms. The van der Waals surface area contributed by atoms with Gasteiger partial charge in [0, 0.05) is 17.7 Å². The quantitative estimate of drug-likeness (QED) is 0.545. The van der Waals surface area contributed by atoms with Crippen LogP contribution in [0.5, 0.6) is 0 Å². The molecule has 1 aliphatic heterocycles. The van der Waals surface area contributed by atoms with E-state index in [0.717, 1.165) is 37.2 Å². The molecule has 2 heterocycles. The van der Waals surface area contributed by atoms with Crippen LogP contribution in [-0.4, -0.2) is 39.2 Å². The van der Waals surface area contributed by atoms with Gasteiger partial charge in [-0.2, -0.15) is 4.98 Å². The van der Waals surface area contributed by atoms with E-state index in [4.69, 9.17) is 4.52 Å². The molecule has 0 saturated carbocycles. The van der Waals surface area contributed by atoms with Gasteiger partial charge < -0.3 is 9.63 Å². The summed E-state index contributed by atoms with van der Waals surface area (Å²) in [6, 6.07) is 16.5. The summed E-state index contributed by atoms with van der Waals surface area (Å²) >= 11 is 0. The number of nitrogens with zero attached hydrogens (tertiary/aromatic N) is 3. The molecule has 32 heavy (non-hydrogen) atoms. The zero-order chi connectivity index (χ0) is 22.7. The zero-order valence-electron chi connectivity index (χ0n) is 19.0. The minimum atomic E-state index is -0.688. The van der Waals surface area contributed by atoms with Crippen LogP contribution in [0.1, 0.15) is 44.7 Å². The summed E-state index contributed by atoms with van der Waals surface area (Å²) in [6.45, 7) is 8.69. The number of aromatic nitrogens is 2. The number of likely N-dealkylation sites (tertiary alicyclic amines) is 1. The van der Waals surface area contributed by atoms with Crippen LogP contribution in [0, 0.1) is 11.3 Å². The van der Waals surface area contributed by atoms with Crippen molar-refractivity contribution < 1.29 is 14.4 Å². The minimum Gasteiger partial charge on any atom is -0.481 e. The molecular weight excluding hydrogens is 402 g/mol. The van der Waals surface area contributed by atoms with E-state index < -0.39 is 11.4 Å². The summed E-state index contributed by atoms with van der Waals surface area (Å²) in [5.41, 5.74) is 3.74. The van der Waals surface area contributed by atoms with E-state index in [-0.39, 0.29) is 0 Å². The molecule has 0 radical (unpaired) electrons. The van der Waals surface area contributed by atoms with Gasteiger partial charge in [-0.3, -0.25) is 9.69 Å². The first kappa shape index (κ1) is 22.2. The summed E-state index contributed by atoms with van der Waals surface area (Å²) in [6.07, 6.45) is 2.42. The third kappa shape index (κ3) is 5.07. The number of hydrogen-bond acceptors (Lipinski definition) is 5. The van der Waals surface area contributed by atoms with Gasteiger partial charge in [0.25, 0.3) is 5.89 Å². The Morgan fingerprint density at radius 1 is 1.03 bits per heavy atom. The Bertz CT molecular complexity index is 1050. The van der Waals surface area contributed by atoms with Crippen molar-refractivity contribution in [2.24, 2.45) is 11.3 Å². The van der Waals surface area contributed by atoms with Gasteiger partial charge in [0.05, 0.1) is 5.41 Å². The average Bonchev–Trinajstić information content (AvgIpc) is 3.26. The van der Waals surface area contributed by atoms with Crippen molar-refractivity contribution in [3.05, 3.63) is 59.7 Å². The number of carboxylic acids is 1. The van der Waals surface area contributed by atoms with Crippen LogP contribution in [-0.2, 0) is 17.8 Å². The molecule has 1 N–H and O–H groups in total. The van der Waals surface area contributed by atoms with Gasteiger partial charge in [-0.05, 0) is 68.5 Å². The van der Waals surface area contributed by atoms with Gasteiger partial charge >= 0.3 is 5.97 Å². The molecule has 168 valence electrons. The lowest BCUT2D eigenvalue weighted by Crippen LogP contribution is -2.42. The topological polar surface area (TPSA) is 79.5 Å². The first-order chi connectivity index (χ1) is 15.3. The third-order valence-electron chi connectivity index (χ3n) is 6.37. The normalized spacial score (nSPS) is 16.4. The standard InChI is InChI=1S/C26H31N3O3/c1-18(2)16-19-4-10-22(11-5-19)24-27-23(28-32-24)21-8-6-20(7-9-21)17-29-14-12-26(3,13-15-29)25(30)31/h4-11,18H,12-17H2,1-3H3,(H,30,31). The number of rotatable bonds is 7. The molecule has 0 bridgehead atoms. The Morgan fingerprint density at radius 3 is 2.22 bits per heavy atom. The fourth-order valence-corrected chi connectivity index (χ4v) is 4.15. The second kappa shape index (κ2) is 9.25. The summed E-state index contributed by atoms with van der Waals surface area (Å²) in [5.74, 6) is 1.04. The third-order valence-corrected chi connectivity index (χ3v) is 6.37. The van der Waals surface area contributed by atoms with Crippen LogP contribution in [0.4, 0.5) is 0 Å². The average molecular weight is 434 g/mol. The SMILES string of the molecule is CC(C)Cc1ccc(-c2nc(-c3ccc(CN4CCC(C)(C(=O)O)CC4)cc3)no2)cc1. The van der Waals surface area contributed by atoms with E-state index in [0.29, 0.717) is 30.5 Å². The van der Waals surface area contributed by atoms with Gasteiger partial charge in [0.2, 0.25) is 5.82 Å². The minimum absolute atomic E-state index is 0.523. The lowest BCUT2D eigenvalue weighted by Gasteiger charge is -2.36. The van der Waals surface area contributed by atoms with Crippen molar-refractivity contribution in [3.8, 4) is 22.8 Å². The molecule has 0 unspecified atom stereocenters. The summed E-state index contributed by atoms with van der Waals surface area (Å²) in [7, 11) is 0. The second-order valence-corrected chi connectivity index (χ2v) is 9.56. The monoisotopic (exact) mass is 433 g/mol. The van der Waals surface area contributed by atoms with E-state index >= 15 is 0 Å². The van der Waals surface area contributed by atoms with Crippen molar-refractivity contribution >= 4 is 5.97 Å². The van der Waals surface area contributed by atoms with Crippen molar-refractivity contribution in [2.45, 2.75) is 46.6 Å². The smallest absolute Gasteiger partial charge is 0.309 e. The molecule has 0 aliphatic carbocycles. The summed E-state index contributed by atoms with van der Waals surface area (Å²) in [4.78, 5) is 18.3. The van der Waals surface area contributed by atoms with Gasteiger partial charge in [-0.25, -0.2) is 0 Å². The van der Waals surface area contributed by atoms with E-state index in [2.05, 4.69) is 53.2 Å². The molecular formula is C26H31N3O3.